The highest BCUT2D eigenvalue weighted by Crippen LogP contribution is 2.28. The van der Waals surface area contributed by atoms with Gasteiger partial charge in [0.2, 0.25) is 0 Å². The van der Waals surface area contributed by atoms with Crippen LogP contribution in [0.25, 0.3) is 0 Å². The third-order valence-electron chi connectivity index (χ3n) is 7.16. The van der Waals surface area contributed by atoms with Crippen LogP contribution in [0, 0.1) is 11.7 Å². The van der Waals surface area contributed by atoms with Crippen molar-refractivity contribution in [2.24, 2.45) is 5.92 Å². The molecule has 4 nitrogen and oxygen atoms in total. The molecule has 5 heteroatoms. The lowest BCUT2D eigenvalue weighted by atomic mass is 9.87. The zero-order valence-corrected chi connectivity index (χ0v) is 19.4. The van der Waals surface area contributed by atoms with Gasteiger partial charge < -0.3 is 9.32 Å². The van der Waals surface area contributed by atoms with Gasteiger partial charge in [-0.1, -0.05) is 61.7 Å². The van der Waals surface area contributed by atoms with Crippen molar-refractivity contribution in [3.8, 4) is 0 Å². The first-order chi connectivity index (χ1) is 16.2. The van der Waals surface area contributed by atoms with Gasteiger partial charge in [0.1, 0.15) is 11.6 Å². The van der Waals surface area contributed by atoms with Gasteiger partial charge in [-0.15, -0.1) is 0 Å². The average Bonchev–Trinajstić information content (AvgIpc) is 3.21. The second-order valence-corrected chi connectivity index (χ2v) is 9.56. The third-order valence-corrected chi connectivity index (χ3v) is 7.16. The van der Waals surface area contributed by atoms with Crippen molar-refractivity contribution in [3.05, 3.63) is 83.3 Å². The van der Waals surface area contributed by atoms with E-state index in [0.717, 1.165) is 62.9 Å². The Morgan fingerprint density at radius 1 is 0.879 bits per heavy atom. The monoisotopic (exact) mass is 447 g/mol. The van der Waals surface area contributed by atoms with Gasteiger partial charge in [0.25, 0.3) is 0 Å². The second-order valence-electron chi connectivity index (χ2n) is 9.56. The maximum absolute atomic E-state index is 14.2. The highest BCUT2D eigenvalue weighted by Gasteiger charge is 2.24. The lowest BCUT2D eigenvalue weighted by Gasteiger charge is -2.35. The molecule has 1 aromatic heterocycles. The van der Waals surface area contributed by atoms with E-state index in [4.69, 9.17) is 9.40 Å². The minimum Gasteiger partial charge on any atom is -0.444 e. The van der Waals surface area contributed by atoms with Gasteiger partial charge in [-0.25, -0.2) is 9.37 Å². The molecule has 0 amide bonds. The van der Waals surface area contributed by atoms with E-state index < -0.39 is 0 Å². The molecule has 0 unspecified atom stereocenters. The summed E-state index contributed by atoms with van der Waals surface area (Å²) in [4.78, 5) is 9.54. The van der Waals surface area contributed by atoms with Gasteiger partial charge in [0.05, 0.1) is 17.9 Å². The van der Waals surface area contributed by atoms with Crippen molar-refractivity contribution >= 4 is 5.69 Å². The topological polar surface area (TPSA) is 32.5 Å². The van der Waals surface area contributed by atoms with Crippen LogP contribution in [-0.4, -0.2) is 36.1 Å². The molecular formula is C28H34FN3O. The zero-order valence-electron chi connectivity index (χ0n) is 19.4. The first-order valence-electron chi connectivity index (χ1n) is 12.5. The Morgan fingerprint density at radius 3 is 2.36 bits per heavy atom. The molecule has 2 aliphatic rings. The summed E-state index contributed by atoms with van der Waals surface area (Å²) in [6.45, 7) is 4.18. The number of anilines is 1. The van der Waals surface area contributed by atoms with Crippen LogP contribution in [0.4, 0.5) is 10.1 Å². The summed E-state index contributed by atoms with van der Waals surface area (Å²) in [5.74, 6) is 2.48. The summed E-state index contributed by atoms with van der Waals surface area (Å²) < 4.78 is 20.6. The zero-order chi connectivity index (χ0) is 22.5. The SMILES string of the molecule is Fc1ccccc1N1CCN(Cc2oc(CC3CCCCC3)nc2Cc2ccccc2)CC1. The van der Waals surface area contributed by atoms with Crippen molar-refractivity contribution < 1.29 is 8.81 Å². The van der Waals surface area contributed by atoms with E-state index in [1.807, 2.05) is 12.1 Å². The molecule has 174 valence electrons. The van der Waals surface area contributed by atoms with E-state index in [0.29, 0.717) is 11.6 Å². The Kier molecular flexibility index (Phi) is 7.06. The maximum atomic E-state index is 14.2. The van der Waals surface area contributed by atoms with E-state index in [1.165, 1.54) is 37.7 Å². The molecule has 0 bridgehead atoms. The van der Waals surface area contributed by atoms with Gasteiger partial charge >= 0.3 is 0 Å². The predicted octanol–water partition coefficient (Wildman–Crippen LogP) is 5.85. The summed E-state index contributed by atoms with van der Waals surface area (Å²) in [5, 5.41) is 0. The van der Waals surface area contributed by atoms with Crippen molar-refractivity contribution in [3.63, 3.8) is 0 Å². The van der Waals surface area contributed by atoms with Crippen LogP contribution in [0.3, 0.4) is 0 Å². The summed E-state index contributed by atoms with van der Waals surface area (Å²) in [7, 11) is 0. The highest BCUT2D eigenvalue weighted by molar-refractivity contribution is 5.48. The van der Waals surface area contributed by atoms with Gasteiger partial charge in [0.15, 0.2) is 5.89 Å². The van der Waals surface area contributed by atoms with Crippen LogP contribution in [0.5, 0.6) is 0 Å². The first kappa shape index (κ1) is 22.1. The molecule has 0 atom stereocenters. The van der Waals surface area contributed by atoms with E-state index in [1.54, 1.807) is 12.1 Å². The second kappa shape index (κ2) is 10.5. The first-order valence-corrected chi connectivity index (χ1v) is 12.5. The standard InChI is InChI=1S/C28H34FN3O/c29-24-13-7-8-14-26(24)32-17-15-31(16-18-32)21-27-25(19-22-9-3-1-4-10-22)30-28(33-27)20-23-11-5-2-6-12-23/h1,3-4,7-10,13-14,23H,2,5-6,11-12,15-21H2. The number of halogens is 1. The molecule has 5 rings (SSSR count). The van der Waals surface area contributed by atoms with Crippen LogP contribution in [-0.2, 0) is 19.4 Å². The maximum Gasteiger partial charge on any atom is 0.194 e. The summed E-state index contributed by atoms with van der Waals surface area (Å²) >= 11 is 0. The molecule has 0 spiro atoms. The molecule has 3 aromatic rings. The van der Waals surface area contributed by atoms with E-state index in [9.17, 15) is 4.39 Å². The number of hydrogen-bond acceptors (Lipinski definition) is 4. The molecule has 0 radical (unpaired) electrons. The lowest BCUT2D eigenvalue weighted by molar-refractivity contribution is 0.225. The minimum absolute atomic E-state index is 0.140. The lowest BCUT2D eigenvalue weighted by Crippen LogP contribution is -2.46. The summed E-state index contributed by atoms with van der Waals surface area (Å²) in [6.07, 6.45) is 8.39. The quantitative estimate of drug-likeness (QED) is 0.455. The van der Waals surface area contributed by atoms with Gasteiger partial charge in [0, 0.05) is 39.0 Å². The van der Waals surface area contributed by atoms with Gasteiger partial charge in [-0.3, -0.25) is 4.90 Å². The number of hydrogen-bond donors (Lipinski definition) is 0. The van der Waals surface area contributed by atoms with Crippen molar-refractivity contribution in [1.82, 2.24) is 9.88 Å². The predicted molar refractivity (Wildman–Crippen MR) is 130 cm³/mol. The Labute approximate surface area is 196 Å². The normalized spacial score (nSPS) is 18.0. The molecule has 1 aliphatic heterocycles. The Morgan fingerprint density at radius 2 is 1.61 bits per heavy atom. The molecule has 1 saturated carbocycles. The molecule has 2 heterocycles. The van der Waals surface area contributed by atoms with Crippen LogP contribution in [0.1, 0.15) is 55.0 Å². The molecule has 0 N–H and O–H groups in total. The summed E-state index contributed by atoms with van der Waals surface area (Å²) in [5.41, 5.74) is 3.04. The Balaban J connectivity index is 1.27. The van der Waals surface area contributed by atoms with Crippen LogP contribution >= 0.6 is 0 Å². The van der Waals surface area contributed by atoms with E-state index in [2.05, 4.69) is 40.1 Å². The number of rotatable bonds is 7. The number of oxazole rings is 1. The molecule has 1 saturated heterocycles. The van der Waals surface area contributed by atoms with Crippen molar-refractivity contribution in [2.75, 3.05) is 31.1 Å². The number of nitrogens with zero attached hydrogens (tertiary/aromatic N) is 3. The Bertz CT molecular complexity index is 1020. The van der Waals surface area contributed by atoms with Crippen molar-refractivity contribution in [1.29, 1.82) is 0 Å². The van der Waals surface area contributed by atoms with E-state index in [-0.39, 0.29) is 5.82 Å². The van der Waals surface area contributed by atoms with Gasteiger partial charge in [-0.2, -0.15) is 0 Å². The minimum atomic E-state index is -0.140. The summed E-state index contributed by atoms with van der Waals surface area (Å²) in [6, 6.07) is 17.6. The molecular weight excluding hydrogens is 413 g/mol. The fourth-order valence-electron chi connectivity index (χ4n) is 5.27. The van der Waals surface area contributed by atoms with Gasteiger partial charge in [-0.05, 0) is 36.5 Å². The highest BCUT2D eigenvalue weighted by atomic mass is 19.1. The molecule has 2 fully saturated rings. The third kappa shape index (κ3) is 5.64. The molecule has 2 aromatic carbocycles. The smallest absolute Gasteiger partial charge is 0.194 e. The fourth-order valence-corrected chi connectivity index (χ4v) is 5.27. The van der Waals surface area contributed by atoms with Crippen molar-refractivity contribution in [2.45, 2.75) is 51.5 Å². The van der Waals surface area contributed by atoms with E-state index >= 15 is 0 Å². The molecule has 33 heavy (non-hydrogen) atoms. The largest absolute Gasteiger partial charge is 0.444 e. The number of piperazine rings is 1. The van der Waals surface area contributed by atoms with Crippen LogP contribution in [0.15, 0.2) is 59.0 Å². The Hall–Kier alpha value is -2.66. The number of aromatic nitrogens is 1. The fraction of sp³-hybridized carbons (Fsp3) is 0.464. The number of benzene rings is 2. The number of para-hydroxylation sites is 1. The van der Waals surface area contributed by atoms with Crippen LogP contribution < -0.4 is 4.90 Å². The van der Waals surface area contributed by atoms with Crippen LogP contribution in [0.2, 0.25) is 0 Å². The molecule has 1 aliphatic carbocycles. The average molecular weight is 448 g/mol.